The van der Waals surface area contributed by atoms with Gasteiger partial charge < -0.3 is 19.9 Å². The zero-order valence-corrected chi connectivity index (χ0v) is 17.4. The molecule has 1 saturated heterocycles. The monoisotopic (exact) mass is 393 g/mol. The third kappa shape index (κ3) is 4.56. The first-order valence-corrected chi connectivity index (χ1v) is 10.7. The van der Waals surface area contributed by atoms with E-state index in [0.29, 0.717) is 12.6 Å². The summed E-state index contributed by atoms with van der Waals surface area (Å²) in [5, 5.41) is 3.50. The molecule has 1 fully saturated rings. The van der Waals surface area contributed by atoms with Gasteiger partial charge in [-0.3, -0.25) is 0 Å². The number of nitrogens with one attached hydrogen (secondary N) is 1. The highest BCUT2D eigenvalue weighted by Gasteiger charge is 2.29. The second-order valence-electron chi connectivity index (χ2n) is 8.24. The second-order valence-corrected chi connectivity index (χ2v) is 8.24. The van der Waals surface area contributed by atoms with Crippen LogP contribution in [0.4, 0.5) is 10.5 Å². The summed E-state index contributed by atoms with van der Waals surface area (Å²) in [6.45, 7) is 5.57. The van der Waals surface area contributed by atoms with Gasteiger partial charge in [0.15, 0.2) is 0 Å². The molecule has 2 aliphatic rings. The molecule has 0 spiro atoms. The van der Waals surface area contributed by atoms with Crippen molar-refractivity contribution in [2.75, 3.05) is 31.6 Å². The summed E-state index contributed by atoms with van der Waals surface area (Å²) in [4.78, 5) is 17.0. The molecule has 154 valence electrons. The predicted molar refractivity (Wildman–Crippen MR) is 116 cm³/mol. The van der Waals surface area contributed by atoms with Crippen molar-refractivity contribution in [3.63, 3.8) is 0 Å². The van der Waals surface area contributed by atoms with Crippen LogP contribution in [0.5, 0.6) is 0 Å². The third-order valence-corrected chi connectivity index (χ3v) is 6.11. The zero-order chi connectivity index (χ0) is 20.2. The number of nitrogens with zero attached hydrogens (tertiary/aromatic N) is 2. The van der Waals surface area contributed by atoms with E-state index in [1.54, 1.807) is 4.90 Å². The molecule has 0 saturated carbocycles. The molecule has 1 N–H and O–H groups in total. The number of ether oxygens (including phenoxy) is 1. The molecule has 2 unspecified atom stereocenters. The Hall–Kier alpha value is -2.53. The number of fused-ring (bicyclic) bond motifs is 1. The maximum atomic E-state index is 12.7. The molecule has 2 atom stereocenters. The van der Waals surface area contributed by atoms with Gasteiger partial charge in [-0.15, -0.1) is 0 Å². The minimum Gasteiger partial charge on any atom is -0.445 e. The number of anilines is 1. The number of aryl methyl sites for hydroxylation is 1. The van der Waals surface area contributed by atoms with Crippen molar-refractivity contribution in [2.24, 2.45) is 0 Å². The van der Waals surface area contributed by atoms with Crippen LogP contribution in [0.3, 0.4) is 0 Å². The van der Waals surface area contributed by atoms with Crippen LogP contribution in [0.1, 0.15) is 42.5 Å². The summed E-state index contributed by atoms with van der Waals surface area (Å²) in [6.07, 6.45) is 2.90. The molecule has 1 heterocycles. The van der Waals surface area contributed by atoms with Gasteiger partial charge in [0.05, 0.1) is 6.04 Å². The average Bonchev–Trinajstić information content (AvgIpc) is 2.77. The number of hydrogen-bond acceptors (Lipinski definition) is 4. The fourth-order valence-electron chi connectivity index (χ4n) is 4.48. The Morgan fingerprint density at radius 2 is 2.07 bits per heavy atom. The lowest BCUT2D eigenvalue weighted by Crippen LogP contribution is -2.49. The summed E-state index contributed by atoms with van der Waals surface area (Å²) < 4.78 is 5.59. The number of carbonyl (C=O) groups excluding carboxylic acids is 1. The molecular weight excluding hydrogens is 362 g/mol. The molecule has 29 heavy (non-hydrogen) atoms. The van der Waals surface area contributed by atoms with Crippen molar-refractivity contribution in [3.05, 3.63) is 65.2 Å². The van der Waals surface area contributed by atoms with E-state index < -0.39 is 0 Å². The number of carbonyl (C=O) groups is 1. The summed E-state index contributed by atoms with van der Waals surface area (Å²) >= 11 is 0. The molecular formula is C24H31N3O2. The highest BCUT2D eigenvalue weighted by atomic mass is 16.6. The number of rotatable bonds is 4. The Morgan fingerprint density at radius 3 is 2.86 bits per heavy atom. The van der Waals surface area contributed by atoms with Crippen LogP contribution in [0.15, 0.2) is 48.5 Å². The zero-order valence-electron chi connectivity index (χ0n) is 17.4. The van der Waals surface area contributed by atoms with Crippen molar-refractivity contribution in [3.8, 4) is 0 Å². The Bertz CT molecular complexity index is 839. The van der Waals surface area contributed by atoms with Crippen LogP contribution in [-0.2, 0) is 17.8 Å². The maximum absolute atomic E-state index is 12.7. The first-order valence-electron chi connectivity index (χ1n) is 10.7. The van der Waals surface area contributed by atoms with E-state index in [0.717, 1.165) is 44.5 Å². The van der Waals surface area contributed by atoms with Crippen molar-refractivity contribution >= 4 is 11.8 Å². The average molecular weight is 394 g/mol. The molecule has 0 bridgehead atoms. The van der Waals surface area contributed by atoms with Gasteiger partial charge in [-0.2, -0.15) is 0 Å². The normalized spacial score (nSPS) is 21.4. The van der Waals surface area contributed by atoms with Crippen molar-refractivity contribution < 1.29 is 9.53 Å². The Labute approximate surface area is 173 Å². The number of amides is 1. The van der Waals surface area contributed by atoms with Gasteiger partial charge in [-0.25, -0.2) is 4.79 Å². The molecule has 2 aromatic carbocycles. The molecule has 0 aromatic heterocycles. The Kier molecular flexibility index (Phi) is 6.05. The predicted octanol–water partition coefficient (Wildman–Crippen LogP) is 4.13. The van der Waals surface area contributed by atoms with Crippen LogP contribution in [-0.4, -0.2) is 43.7 Å². The van der Waals surface area contributed by atoms with E-state index in [9.17, 15) is 4.79 Å². The van der Waals surface area contributed by atoms with Crippen LogP contribution in [0.2, 0.25) is 0 Å². The highest BCUT2D eigenvalue weighted by Crippen LogP contribution is 2.36. The summed E-state index contributed by atoms with van der Waals surface area (Å²) in [5.74, 6) is 0. The summed E-state index contributed by atoms with van der Waals surface area (Å²) in [6, 6.07) is 17.2. The third-order valence-electron chi connectivity index (χ3n) is 6.11. The topological polar surface area (TPSA) is 44.8 Å². The van der Waals surface area contributed by atoms with Gasteiger partial charge in [0, 0.05) is 38.4 Å². The quantitative estimate of drug-likeness (QED) is 0.848. The first kappa shape index (κ1) is 19.8. The first-order chi connectivity index (χ1) is 14.1. The van der Waals surface area contributed by atoms with E-state index in [2.05, 4.69) is 35.3 Å². The van der Waals surface area contributed by atoms with Gasteiger partial charge >= 0.3 is 6.09 Å². The SMILES string of the molecule is CC1CN(c2ccc3c(c2)C(N(C)C(=O)OCc2ccccc2)CCC3)CCN1. The van der Waals surface area contributed by atoms with Crippen LogP contribution in [0.25, 0.3) is 0 Å². The fourth-order valence-corrected chi connectivity index (χ4v) is 4.48. The van der Waals surface area contributed by atoms with Crippen LogP contribution in [0, 0.1) is 0 Å². The standard InChI is InChI=1S/C24H31N3O2/c1-18-16-27(14-13-25-18)21-12-11-20-9-6-10-23(22(20)15-21)26(2)24(28)29-17-19-7-4-3-5-8-19/h3-5,7-8,11-12,15,18,23,25H,6,9-10,13-14,16-17H2,1-2H3. The van der Waals surface area contributed by atoms with Gasteiger partial charge in [-0.1, -0.05) is 36.4 Å². The molecule has 5 nitrogen and oxygen atoms in total. The minimum atomic E-state index is -0.257. The second kappa shape index (κ2) is 8.87. The lowest BCUT2D eigenvalue weighted by Gasteiger charge is -2.36. The number of benzene rings is 2. The molecule has 1 aliphatic carbocycles. The van der Waals surface area contributed by atoms with Gasteiger partial charge in [0.2, 0.25) is 0 Å². The Morgan fingerprint density at radius 1 is 1.24 bits per heavy atom. The molecule has 1 aliphatic heterocycles. The van der Waals surface area contributed by atoms with Gasteiger partial charge in [-0.05, 0) is 55.0 Å². The summed E-state index contributed by atoms with van der Waals surface area (Å²) in [5.41, 5.74) is 4.90. The van der Waals surface area contributed by atoms with Crippen molar-refractivity contribution in [2.45, 2.75) is 44.9 Å². The lowest BCUT2D eigenvalue weighted by atomic mass is 9.86. The highest BCUT2D eigenvalue weighted by molar-refractivity contribution is 5.68. The van der Waals surface area contributed by atoms with Crippen LogP contribution < -0.4 is 10.2 Å². The number of hydrogen-bond donors (Lipinski definition) is 1. The molecule has 0 radical (unpaired) electrons. The van der Waals surface area contributed by atoms with Gasteiger partial charge in [0.1, 0.15) is 6.61 Å². The largest absolute Gasteiger partial charge is 0.445 e. The van der Waals surface area contributed by atoms with Crippen molar-refractivity contribution in [1.82, 2.24) is 10.2 Å². The van der Waals surface area contributed by atoms with E-state index in [4.69, 9.17) is 4.74 Å². The van der Waals surface area contributed by atoms with Crippen LogP contribution >= 0.6 is 0 Å². The number of piperazine rings is 1. The van der Waals surface area contributed by atoms with Crippen molar-refractivity contribution in [1.29, 1.82) is 0 Å². The minimum absolute atomic E-state index is 0.0716. The summed E-state index contributed by atoms with van der Waals surface area (Å²) in [7, 11) is 1.87. The fraction of sp³-hybridized carbons (Fsp3) is 0.458. The molecule has 5 heteroatoms. The Balaban J connectivity index is 1.48. The molecule has 4 rings (SSSR count). The van der Waals surface area contributed by atoms with E-state index in [-0.39, 0.29) is 12.1 Å². The van der Waals surface area contributed by atoms with Gasteiger partial charge in [0.25, 0.3) is 0 Å². The smallest absolute Gasteiger partial charge is 0.410 e. The molecule has 1 amide bonds. The van der Waals surface area contributed by atoms with E-state index in [1.807, 2.05) is 37.4 Å². The van der Waals surface area contributed by atoms with E-state index >= 15 is 0 Å². The maximum Gasteiger partial charge on any atom is 0.410 e. The molecule has 2 aromatic rings. The van der Waals surface area contributed by atoms with E-state index in [1.165, 1.54) is 16.8 Å². The lowest BCUT2D eigenvalue weighted by molar-refractivity contribution is 0.0876.